The SMILES string of the molecule is O=C(OCc1cc(F)cc2c1OCOC2)c1ccccc1S(=O)(=O)N1CCCCC1. The molecule has 0 atom stereocenters. The number of ether oxygens (including phenoxy) is 3. The molecule has 30 heavy (non-hydrogen) atoms. The average Bonchev–Trinajstić information content (AvgIpc) is 2.77. The molecule has 0 saturated carbocycles. The predicted molar refractivity (Wildman–Crippen MR) is 105 cm³/mol. The van der Waals surface area contributed by atoms with Crippen LogP contribution in [0.4, 0.5) is 4.39 Å². The normalized spacial score (nSPS) is 17.1. The molecule has 160 valence electrons. The fourth-order valence-electron chi connectivity index (χ4n) is 3.69. The first kappa shape index (κ1) is 20.8. The van der Waals surface area contributed by atoms with E-state index in [1.54, 1.807) is 12.1 Å². The van der Waals surface area contributed by atoms with Gasteiger partial charge in [-0.25, -0.2) is 17.6 Å². The van der Waals surface area contributed by atoms with E-state index in [9.17, 15) is 17.6 Å². The highest BCUT2D eigenvalue weighted by Crippen LogP contribution is 2.30. The number of carbonyl (C=O) groups excluding carboxylic acids is 1. The molecule has 0 unspecified atom stereocenters. The summed E-state index contributed by atoms with van der Waals surface area (Å²) in [5.74, 6) is -0.872. The van der Waals surface area contributed by atoms with Crippen LogP contribution in [0.25, 0.3) is 0 Å². The van der Waals surface area contributed by atoms with Gasteiger partial charge in [-0.3, -0.25) is 0 Å². The molecule has 0 radical (unpaired) electrons. The number of esters is 1. The Morgan fingerprint density at radius 3 is 2.70 bits per heavy atom. The number of rotatable bonds is 5. The number of nitrogens with zero attached hydrogens (tertiary/aromatic N) is 1. The summed E-state index contributed by atoms with van der Waals surface area (Å²) in [6.07, 6.45) is 2.57. The van der Waals surface area contributed by atoms with Crippen LogP contribution in [0.3, 0.4) is 0 Å². The molecule has 7 nitrogen and oxygen atoms in total. The molecule has 0 aromatic heterocycles. The van der Waals surface area contributed by atoms with Gasteiger partial charge in [0.1, 0.15) is 18.2 Å². The zero-order chi connectivity index (χ0) is 21.1. The number of halogens is 1. The molecular weight excluding hydrogens is 413 g/mol. The molecule has 0 amide bonds. The Bertz CT molecular complexity index is 1050. The second-order valence-electron chi connectivity index (χ2n) is 7.20. The Hall–Kier alpha value is -2.49. The third-order valence-electron chi connectivity index (χ3n) is 5.15. The predicted octanol–water partition coefficient (Wildman–Crippen LogP) is 3.22. The molecule has 2 aliphatic rings. The van der Waals surface area contributed by atoms with Gasteiger partial charge in [0.15, 0.2) is 6.79 Å². The van der Waals surface area contributed by atoms with E-state index in [1.165, 1.54) is 28.6 Å². The third kappa shape index (κ3) is 4.19. The number of fused-ring (bicyclic) bond motifs is 1. The molecule has 1 fully saturated rings. The van der Waals surface area contributed by atoms with Crippen LogP contribution in [0.5, 0.6) is 5.75 Å². The van der Waals surface area contributed by atoms with Crippen LogP contribution in [0.1, 0.15) is 40.7 Å². The van der Waals surface area contributed by atoms with E-state index in [0.29, 0.717) is 30.0 Å². The molecule has 1 saturated heterocycles. The fraction of sp³-hybridized carbons (Fsp3) is 0.381. The van der Waals surface area contributed by atoms with Gasteiger partial charge in [0.05, 0.1) is 17.1 Å². The zero-order valence-corrected chi connectivity index (χ0v) is 17.1. The fourth-order valence-corrected chi connectivity index (χ4v) is 5.39. The van der Waals surface area contributed by atoms with Gasteiger partial charge < -0.3 is 14.2 Å². The van der Waals surface area contributed by atoms with E-state index in [0.717, 1.165) is 19.3 Å². The summed E-state index contributed by atoms with van der Waals surface area (Å²) >= 11 is 0. The van der Waals surface area contributed by atoms with Crippen molar-refractivity contribution in [1.29, 1.82) is 0 Å². The number of sulfonamides is 1. The zero-order valence-electron chi connectivity index (χ0n) is 16.3. The Labute approximate surface area is 174 Å². The summed E-state index contributed by atoms with van der Waals surface area (Å²) < 4.78 is 57.3. The van der Waals surface area contributed by atoms with Gasteiger partial charge in [0.25, 0.3) is 0 Å². The van der Waals surface area contributed by atoms with Crippen LogP contribution < -0.4 is 4.74 Å². The van der Waals surface area contributed by atoms with Gasteiger partial charge in [-0.2, -0.15) is 4.31 Å². The van der Waals surface area contributed by atoms with Crippen molar-refractivity contribution < 1.29 is 31.8 Å². The van der Waals surface area contributed by atoms with Crippen molar-refractivity contribution in [2.45, 2.75) is 37.4 Å². The Balaban J connectivity index is 1.56. The minimum atomic E-state index is -3.81. The first-order valence-electron chi connectivity index (χ1n) is 9.75. The largest absolute Gasteiger partial charge is 0.467 e. The lowest BCUT2D eigenvalue weighted by atomic mass is 10.1. The first-order valence-corrected chi connectivity index (χ1v) is 11.2. The van der Waals surface area contributed by atoms with E-state index in [1.807, 2.05) is 0 Å². The maximum Gasteiger partial charge on any atom is 0.339 e. The highest BCUT2D eigenvalue weighted by molar-refractivity contribution is 7.89. The van der Waals surface area contributed by atoms with Crippen molar-refractivity contribution in [3.05, 3.63) is 58.9 Å². The van der Waals surface area contributed by atoms with Crippen LogP contribution in [0, 0.1) is 5.82 Å². The van der Waals surface area contributed by atoms with E-state index in [4.69, 9.17) is 14.2 Å². The quantitative estimate of drug-likeness (QED) is 0.671. The van der Waals surface area contributed by atoms with Gasteiger partial charge in [0.2, 0.25) is 10.0 Å². The molecule has 0 N–H and O–H groups in total. The second-order valence-corrected chi connectivity index (χ2v) is 9.11. The molecule has 0 bridgehead atoms. The molecule has 2 aromatic rings. The summed E-state index contributed by atoms with van der Waals surface area (Å²) in [5.41, 5.74) is 0.844. The standard InChI is InChI=1S/C21H22FNO6S/c22-17-10-15-12-27-14-29-20(15)16(11-17)13-28-21(24)18-6-2-3-7-19(18)30(25,26)23-8-4-1-5-9-23/h2-3,6-7,10-11H,1,4-5,8-9,12-14H2. The van der Waals surface area contributed by atoms with Crippen LogP contribution >= 0.6 is 0 Å². The topological polar surface area (TPSA) is 82.1 Å². The van der Waals surface area contributed by atoms with Gasteiger partial charge >= 0.3 is 5.97 Å². The van der Waals surface area contributed by atoms with Crippen molar-refractivity contribution in [3.63, 3.8) is 0 Å². The lowest BCUT2D eigenvalue weighted by Crippen LogP contribution is -2.36. The number of hydrogen-bond donors (Lipinski definition) is 0. The number of piperidine rings is 1. The van der Waals surface area contributed by atoms with E-state index < -0.39 is 21.8 Å². The molecule has 2 heterocycles. The maximum absolute atomic E-state index is 13.9. The van der Waals surface area contributed by atoms with E-state index in [2.05, 4.69) is 0 Å². The molecule has 9 heteroatoms. The summed E-state index contributed by atoms with van der Waals surface area (Å²) in [5, 5.41) is 0. The summed E-state index contributed by atoms with van der Waals surface area (Å²) in [7, 11) is -3.81. The summed E-state index contributed by atoms with van der Waals surface area (Å²) in [6, 6.07) is 8.52. The molecule has 0 spiro atoms. The summed E-state index contributed by atoms with van der Waals surface area (Å²) in [6.45, 7) is 0.833. The Morgan fingerprint density at radius 1 is 1.13 bits per heavy atom. The van der Waals surface area contributed by atoms with Gasteiger partial charge in [-0.1, -0.05) is 18.6 Å². The minimum absolute atomic E-state index is 0.0243. The number of hydrogen-bond acceptors (Lipinski definition) is 6. The van der Waals surface area contributed by atoms with Crippen LogP contribution in [-0.4, -0.2) is 38.6 Å². The monoisotopic (exact) mass is 435 g/mol. The molecule has 0 aliphatic carbocycles. The number of carbonyl (C=O) groups is 1. The highest BCUT2D eigenvalue weighted by atomic mass is 32.2. The third-order valence-corrected chi connectivity index (χ3v) is 7.11. The van der Waals surface area contributed by atoms with E-state index in [-0.39, 0.29) is 30.5 Å². The van der Waals surface area contributed by atoms with Crippen molar-refractivity contribution in [2.75, 3.05) is 19.9 Å². The molecular formula is C21H22FNO6S. The van der Waals surface area contributed by atoms with Crippen LogP contribution in [-0.2, 0) is 32.7 Å². The Morgan fingerprint density at radius 2 is 1.90 bits per heavy atom. The van der Waals surface area contributed by atoms with Gasteiger partial charge in [0, 0.05) is 24.2 Å². The second kappa shape index (κ2) is 8.71. The maximum atomic E-state index is 13.9. The Kier molecular flexibility index (Phi) is 6.03. The lowest BCUT2D eigenvalue weighted by Gasteiger charge is -2.26. The molecule has 4 rings (SSSR count). The molecule has 2 aromatic carbocycles. The smallest absolute Gasteiger partial charge is 0.339 e. The van der Waals surface area contributed by atoms with Crippen molar-refractivity contribution in [3.8, 4) is 5.75 Å². The molecule has 2 aliphatic heterocycles. The van der Waals surface area contributed by atoms with Gasteiger partial charge in [-0.15, -0.1) is 0 Å². The van der Waals surface area contributed by atoms with Crippen molar-refractivity contribution in [1.82, 2.24) is 4.31 Å². The summed E-state index contributed by atoms with van der Waals surface area (Å²) in [4.78, 5) is 12.7. The first-order chi connectivity index (χ1) is 14.5. The van der Waals surface area contributed by atoms with Gasteiger partial charge in [-0.05, 0) is 37.1 Å². The number of benzene rings is 2. The highest BCUT2D eigenvalue weighted by Gasteiger charge is 2.30. The minimum Gasteiger partial charge on any atom is -0.467 e. The van der Waals surface area contributed by atoms with Crippen molar-refractivity contribution in [2.24, 2.45) is 0 Å². The lowest BCUT2D eigenvalue weighted by molar-refractivity contribution is -0.0183. The van der Waals surface area contributed by atoms with Crippen LogP contribution in [0.2, 0.25) is 0 Å². The van der Waals surface area contributed by atoms with Crippen molar-refractivity contribution >= 4 is 16.0 Å². The van der Waals surface area contributed by atoms with E-state index >= 15 is 0 Å². The average molecular weight is 435 g/mol. The van der Waals surface area contributed by atoms with Crippen LogP contribution in [0.15, 0.2) is 41.3 Å².